The predicted octanol–water partition coefficient (Wildman–Crippen LogP) is 2.74. The second-order valence-corrected chi connectivity index (χ2v) is 9.31. The molecule has 1 aromatic carbocycles. The van der Waals surface area contributed by atoms with Crippen LogP contribution in [-0.4, -0.2) is 57.5 Å². The van der Waals surface area contributed by atoms with Gasteiger partial charge >= 0.3 is 23.9 Å². The van der Waals surface area contributed by atoms with Crippen molar-refractivity contribution < 1.29 is 34.1 Å². The number of urea groups is 1. The predicted molar refractivity (Wildman–Crippen MR) is 129 cm³/mol. The van der Waals surface area contributed by atoms with Gasteiger partial charge in [-0.2, -0.15) is 0 Å². The van der Waals surface area contributed by atoms with E-state index in [1.54, 1.807) is 24.3 Å². The van der Waals surface area contributed by atoms with Crippen molar-refractivity contribution in [3.63, 3.8) is 0 Å². The minimum atomic E-state index is -1.34. The zero-order chi connectivity index (χ0) is 26.1. The number of amidine groups is 1. The summed E-state index contributed by atoms with van der Waals surface area (Å²) in [6.45, 7) is 4.24. The molecule has 2 rings (SSSR count). The number of carbonyl (C=O) groups excluding carboxylic acids is 2. The molecule has 0 spiro atoms. The van der Waals surface area contributed by atoms with Crippen LogP contribution in [0.2, 0.25) is 0 Å². The van der Waals surface area contributed by atoms with E-state index in [9.17, 15) is 24.3 Å². The van der Waals surface area contributed by atoms with Gasteiger partial charge in [0.15, 0.2) is 0 Å². The Morgan fingerprint density at radius 1 is 1.11 bits per heavy atom. The van der Waals surface area contributed by atoms with Gasteiger partial charge in [-0.05, 0) is 48.7 Å². The summed E-state index contributed by atoms with van der Waals surface area (Å²) in [4.78, 5) is 49.9. The van der Waals surface area contributed by atoms with Crippen LogP contribution < -0.4 is 15.8 Å². The van der Waals surface area contributed by atoms with Crippen LogP contribution in [0, 0.1) is 11.3 Å². The highest BCUT2D eigenvalue weighted by molar-refractivity contribution is 7.13. The van der Waals surface area contributed by atoms with Gasteiger partial charge in [-0.25, -0.2) is 14.4 Å². The number of carbonyl (C=O) groups is 4. The van der Waals surface area contributed by atoms with Gasteiger partial charge in [0, 0.05) is 23.4 Å². The summed E-state index contributed by atoms with van der Waals surface area (Å²) in [6, 6.07) is 7.46. The molecule has 0 bridgehead atoms. The summed E-state index contributed by atoms with van der Waals surface area (Å²) in [6.07, 6.45) is -0.635. The Labute approximate surface area is 206 Å². The van der Waals surface area contributed by atoms with Gasteiger partial charge in [-0.3, -0.25) is 10.2 Å². The fraction of sp³-hybridized carbons (Fsp3) is 0.348. The Morgan fingerprint density at radius 3 is 2.31 bits per heavy atom. The second-order valence-electron chi connectivity index (χ2n) is 8.14. The normalized spacial score (nSPS) is 11.5. The number of rotatable bonds is 12. The minimum Gasteiger partial charge on any atom is -0.481 e. The number of amides is 2. The maximum Gasteiger partial charge on any atom is 0.353 e. The smallest absolute Gasteiger partial charge is 0.353 e. The lowest BCUT2D eigenvalue weighted by Crippen LogP contribution is -2.48. The van der Waals surface area contributed by atoms with Gasteiger partial charge in [0.25, 0.3) is 0 Å². The zero-order valence-electron chi connectivity index (χ0n) is 19.3. The van der Waals surface area contributed by atoms with Crippen molar-refractivity contribution in [1.29, 1.82) is 5.41 Å². The molecule has 0 radical (unpaired) electrons. The minimum absolute atomic E-state index is 0.0745. The summed E-state index contributed by atoms with van der Waals surface area (Å²) in [5.41, 5.74) is 5.91. The van der Waals surface area contributed by atoms with E-state index in [2.05, 4.69) is 5.32 Å². The number of hydrogen-bond donors (Lipinski definition) is 5. The van der Waals surface area contributed by atoms with Crippen LogP contribution >= 0.6 is 11.3 Å². The average molecular weight is 505 g/mol. The quantitative estimate of drug-likeness (QED) is 0.126. The number of nitrogen functional groups attached to an aromatic ring is 1. The third kappa shape index (κ3) is 8.74. The summed E-state index contributed by atoms with van der Waals surface area (Å²) in [7, 11) is 0. The van der Waals surface area contributed by atoms with Crippen LogP contribution in [0.15, 0.2) is 36.4 Å². The number of benzene rings is 1. The van der Waals surface area contributed by atoms with E-state index in [0.717, 1.165) is 11.3 Å². The first-order chi connectivity index (χ1) is 16.5. The Morgan fingerprint density at radius 2 is 1.77 bits per heavy atom. The highest BCUT2D eigenvalue weighted by atomic mass is 32.1. The Kier molecular flexibility index (Phi) is 9.76. The first-order valence-electron chi connectivity index (χ1n) is 10.7. The molecule has 35 heavy (non-hydrogen) atoms. The molecule has 0 aliphatic rings. The van der Waals surface area contributed by atoms with Crippen molar-refractivity contribution >= 4 is 41.1 Å². The van der Waals surface area contributed by atoms with Crippen LogP contribution in [0.3, 0.4) is 0 Å². The van der Waals surface area contributed by atoms with E-state index in [1.165, 1.54) is 17.0 Å². The fourth-order valence-electron chi connectivity index (χ4n) is 3.05. The number of carboxylic acids is 2. The number of esters is 1. The maximum atomic E-state index is 12.8. The second kappa shape index (κ2) is 12.5. The molecular weight excluding hydrogens is 476 g/mol. The molecule has 1 heterocycles. The van der Waals surface area contributed by atoms with Crippen molar-refractivity contribution in [2.24, 2.45) is 11.7 Å². The van der Waals surface area contributed by atoms with E-state index >= 15 is 0 Å². The van der Waals surface area contributed by atoms with Gasteiger partial charge in [0.2, 0.25) is 0 Å². The highest BCUT2D eigenvalue weighted by Crippen LogP contribution is 2.22. The number of thiophene rings is 1. The van der Waals surface area contributed by atoms with Gasteiger partial charge in [0.1, 0.15) is 22.5 Å². The summed E-state index contributed by atoms with van der Waals surface area (Å²) >= 11 is 1.14. The molecule has 0 aliphatic carbocycles. The van der Waals surface area contributed by atoms with E-state index in [4.69, 9.17) is 21.0 Å². The van der Waals surface area contributed by atoms with E-state index in [-0.39, 0.29) is 30.5 Å². The molecule has 1 atom stereocenters. The van der Waals surface area contributed by atoms with Crippen LogP contribution in [-0.2, 0) is 16.1 Å². The van der Waals surface area contributed by atoms with E-state index < -0.39 is 36.4 Å². The summed E-state index contributed by atoms with van der Waals surface area (Å²) in [5, 5.41) is 27.9. The van der Waals surface area contributed by atoms with E-state index in [0.29, 0.717) is 21.9 Å². The number of hydrogen-bond acceptors (Lipinski definition) is 7. The summed E-state index contributed by atoms with van der Waals surface area (Å²) in [5.74, 6) is -2.80. The lowest BCUT2D eigenvalue weighted by atomic mass is 10.1. The molecule has 1 aromatic heterocycles. The van der Waals surface area contributed by atoms with Crippen molar-refractivity contribution in [2.75, 3.05) is 6.54 Å². The molecule has 0 saturated heterocycles. The Balaban J connectivity index is 2.07. The van der Waals surface area contributed by atoms with Crippen molar-refractivity contribution in [2.45, 2.75) is 39.3 Å². The fourth-order valence-corrected chi connectivity index (χ4v) is 3.95. The highest BCUT2D eigenvalue weighted by Gasteiger charge is 2.25. The molecule has 2 amide bonds. The zero-order valence-corrected chi connectivity index (χ0v) is 20.1. The molecule has 0 aliphatic heterocycles. The first-order valence-corrected chi connectivity index (χ1v) is 11.5. The molecule has 0 unspecified atom stereocenters. The lowest BCUT2D eigenvalue weighted by Gasteiger charge is -2.26. The third-order valence-corrected chi connectivity index (χ3v) is 5.75. The number of nitrogens with one attached hydrogen (secondary N) is 2. The van der Waals surface area contributed by atoms with Crippen LogP contribution in [0.1, 0.15) is 46.8 Å². The summed E-state index contributed by atoms with van der Waals surface area (Å²) < 4.78 is 5.34. The van der Waals surface area contributed by atoms with Crippen molar-refractivity contribution in [3.05, 3.63) is 51.7 Å². The van der Waals surface area contributed by atoms with Crippen LogP contribution in [0.25, 0.3) is 0 Å². The SMILES string of the molecule is CC(C)CN(Cc1ccc(C(=O)Oc2ccc(C(=N)N)cc2)s1)C(=O)N[C@@H](CCC(=O)O)C(=O)O. The lowest BCUT2D eigenvalue weighted by molar-refractivity contribution is -0.140. The van der Waals surface area contributed by atoms with Gasteiger partial charge in [0.05, 0.1) is 6.54 Å². The number of ether oxygens (including phenoxy) is 1. The molecule has 12 heteroatoms. The van der Waals surface area contributed by atoms with E-state index in [1.807, 2.05) is 13.8 Å². The number of nitrogens with two attached hydrogens (primary N) is 1. The molecule has 188 valence electrons. The molecule has 2 aromatic rings. The third-order valence-electron chi connectivity index (χ3n) is 4.70. The number of aliphatic carboxylic acids is 2. The van der Waals surface area contributed by atoms with Crippen molar-refractivity contribution in [1.82, 2.24) is 10.2 Å². The van der Waals surface area contributed by atoms with Crippen LogP contribution in [0.4, 0.5) is 4.79 Å². The van der Waals surface area contributed by atoms with Gasteiger partial charge < -0.3 is 30.9 Å². The number of carboxylic acid groups (broad SMARTS) is 2. The average Bonchev–Trinajstić information content (AvgIpc) is 3.24. The Hall–Kier alpha value is -3.93. The van der Waals surface area contributed by atoms with Crippen molar-refractivity contribution in [3.8, 4) is 5.75 Å². The van der Waals surface area contributed by atoms with Gasteiger partial charge in [-0.1, -0.05) is 13.8 Å². The molecule has 11 nitrogen and oxygen atoms in total. The topological polar surface area (TPSA) is 183 Å². The van der Waals surface area contributed by atoms with Gasteiger partial charge in [-0.15, -0.1) is 11.3 Å². The molecule has 6 N–H and O–H groups in total. The molecular formula is C23H28N4O7S. The monoisotopic (exact) mass is 504 g/mol. The van der Waals surface area contributed by atoms with Crippen LogP contribution in [0.5, 0.6) is 5.75 Å². The largest absolute Gasteiger partial charge is 0.481 e. The standard InChI is InChI=1S/C23H28N4O7S/c1-13(2)11-27(23(33)26-17(21(30)31)8-10-19(28)29)12-16-7-9-18(35-16)22(32)34-15-5-3-14(4-6-15)20(24)25/h3-7,9,13,17H,8,10-12H2,1-2H3,(H3,24,25)(H,26,33)(H,28,29)(H,30,31)/t17-/m0/s1. The maximum absolute atomic E-state index is 12.8. The molecule has 0 saturated carbocycles. The number of nitrogens with zero attached hydrogens (tertiary/aromatic N) is 1. The molecule has 0 fully saturated rings. The first kappa shape index (κ1) is 27.3. The Bertz CT molecular complexity index is 1080.